The van der Waals surface area contributed by atoms with Crippen molar-refractivity contribution in [2.24, 2.45) is 0 Å². The van der Waals surface area contributed by atoms with Gasteiger partial charge in [0.05, 0.1) is 0 Å². The highest BCUT2D eigenvalue weighted by Crippen LogP contribution is 2.06. The van der Waals surface area contributed by atoms with Crippen molar-refractivity contribution < 1.29 is 15.1 Å². The van der Waals surface area contributed by atoms with Crippen LogP contribution in [0, 0.1) is 0 Å². The van der Waals surface area contributed by atoms with Crippen LogP contribution in [-0.2, 0) is 4.79 Å². The number of rotatable bonds is 8. The summed E-state index contributed by atoms with van der Waals surface area (Å²) in [5, 5.41) is 17.0. The molecular formula is C8H17NO3S. The number of carboxylic acids is 1. The van der Waals surface area contributed by atoms with Crippen LogP contribution in [0.1, 0.15) is 25.7 Å². The molecule has 5 heteroatoms. The Morgan fingerprint density at radius 1 is 1.46 bits per heavy atom. The lowest BCUT2D eigenvalue weighted by atomic mass is 10.1. The van der Waals surface area contributed by atoms with Crippen LogP contribution in [0.4, 0.5) is 0 Å². The summed E-state index contributed by atoms with van der Waals surface area (Å²) < 4.78 is 0. The molecule has 0 aromatic rings. The third kappa shape index (κ3) is 6.86. The number of hydrogen-bond acceptors (Lipinski definition) is 4. The fraction of sp³-hybridized carbons (Fsp3) is 0.875. The van der Waals surface area contributed by atoms with Gasteiger partial charge in [0.2, 0.25) is 0 Å². The first-order valence-electron chi connectivity index (χ1n) is 4.33. The molecule has 0 aromatic carbocycles. The number of hydrogen-bond donors (Lipinski definition) is 3. The molecule has 0 saturated carbocycles. The van der Waals surface area contributed by atoms with Crippen LogP contribution in [0.15, 0.2) is 0 Å². The highest BCUT2D eigenvalue weighted by atomic mass is 32.2. The molecule has 1 atom stereocenters. The third-order valence-electron chi connectivity index (χ3n) is 1.80. The van der Waals surface area contributed by atoms with E-state index in [2.05, 4.69) is 6.26 Å². The van der Waals surface area contributed by atoms with Crippen LogP contribution in [-0.4, -0.2) is 34.3 Å². The largest absolute Gasteiger partial charge is 0.480 e. The lowest BCUT2D eigenvalue weighted by Crippen LogP contribution is -2.34. The predicted octanol–water partition coefficient (Wildman–Crippen LogP) is 1.34. The smallest absolute Gasteiger partial charge is 0.323 e. The molecule has 0 aromatic heterocycles. The maximum absolute atomic E-state index is 10.4. The molecule has 0 amide bonds. The Morgan fingerprint density at radius 3 is 2.62 bits per heavy atom. The van der Waals surface area contributed by atoms with Gasteiger partial charge in [0.15, 0.2) is 0 Å². The van der Waals surface area contributed by atoms with Gasteiger partial charge < -0.3 is 10.3 Å². The van der Waals surface area contributed by atoms with E-state index in [1.807, 2.05) is 0 Å². The third-order valence-corrected chi connectivity index (χ3v) is 2.49. The molecule has 0 radical (unpaired) electrons. The van der Waals surface area contributed by atoms with Gasteiger partial charge in [0.1, 0.15) is 6.04 Å². The van der Waals surface area contributed by atoms with Crippen LogP contribution in [0.2, 0.25) is 0 Å². The topological polar surface area (TPSA) is 69.6 Å². The van der Waals surface area contributed by atoms with Crippen molar-refractivity contribution in [1.82, 2.24) is 5.48 Å². The van der Waals surface area contributed by atoms with E-state index >= 15 is 0 Å². The number of thioether (sulfide) groups is 1. The molecule has 0 heterocycles. The van der Waals surface area contributed by atoms with E-state index < -0.39 is 12.0 Å². The molecule has 78 valence electrons. The van der Waals surface area contributed by atoms with Crippen molar-refractivity contribution in [2.45, 2.75) is 31.7 Å². The first-order valence-corrected chi connectivity index (χ1v) is 5.73. The van der Waals surface area contributed by atoms with Gasteiger partial charge in [-0.05, 0) is 24.9 Å². The molecule has 3 N–H and O–H groups in total. The van der Waals surface area contributed by atoms with Gasteiger partial charge in [-0.1, -0.05) is 12.8 Å². The van der Waals surface area contributed by atoms with Crippen LogP contribution in [0.25, 0.3) is 0 Å². The van der Waals surface area contributed by atoms with Crippen molar-refractivity contribution in [2.75, 3.05) is 12.0 Å². The normalized spacial score (nSPS) is 12.8. The summed E-state index contributed by atoms with van der Waals surface area (Å²) >= 11 is 1.79. The van der Waals surface area contributed by atoms with Gasteiger partial charge in [-0.25, -0.2) is 0 Å². The lowest BCUT2D eigenvalue weighted by molar-refractivity contribution is -0.142. The minimum absolute atomic E-state index is 0.486. The Balaban J connectivity index is 3.33. The fourth-order valence-corrected chi connectivity index (χ4v) is 1.51. The summed E-state index contributed by atoms with van der Waals surface area (Å²) in [5.74, 6) is 0.122. The molecule has 0 spiro atoms. The molecule has 0 bridgehead atoms. The molecule has 0 fully saturated rings. The van der Waals surface area contributed by atoms with Gasteiger partial charge in [0, 0.05) is 0 Å². The molecule has 0 aliphatic rings. The maximum atomic E-state index is 10.4. The fourth-order valence-electron chi connectivity index (χ4n) is 1.01. The zero-order valence-corrected chi connectivity index (χ0v) is 8.64. The zero-order valence-electron chi connectivity index (χ0n) is 7.82. The summed E-state index contributed by atoms with van der Waals surface area (Å²) in [4.78, 5) is 10.4. The van der Waals surface area contributed by atoms with Gasteiger partial charge in [-0.3, -0.25) is 4.79 Å². The van der Waals surface area contributed by atoms with E-state index in [1.54, 1.807) is 17.2 Å². The quantitative estimate of drug-likeness (QED) is 0.414. The molecule has 0 aliphatic heterocycles. The number of unbranched alkanes of at least 4 members (excludes halogenated alkanes) is 2. The minimum Gasteiger partial charge on any atom is -0.480 e. The first kappa shape index (κ1) is 12.7. The Bertz CT molecular complexity index is 143. The van der Waals surface area contributed by atoms with Crippen molar-refractivity contribution in [3.8, 4) is 0 Å². The van der Waals surface area contributed by atoms with Gasteiger partial charge in [-0.2, -0.15) is 17.2 Å². The van der Waals surface area contributed by atoms with Gasteiger partial charge in [-0.15, -0.1) is 0 Å². The van der Waals surface area contributed by atoms with Crippen LogP contribution in [0.3, 0.4) is 0 Å². The Kier molecular flexibility index (Phi) is 8.18. The van der Waals surface area contributed by atoms with Crippen LogP contribution < -0.4 is 5.48 Å². The Labute approximate surface area is 82.7 Å². The second-order valence-electron chi connectivity index (χ2n) is 2.86. The number of nitrogens with one attached hydrogen (secondary N) is 1. The molecule has 13 heavy (non-hydrogen) atoms. The SMILES string of the molecule is CSCCCCC[C@H](NO)C(=O)O. The molecule has 0 rings (SSSR count). The summed E-state index contributed by atoms with van der Waals surface area (Å²) in [6, 6.07) is -0.811. The van der Waals surface area contributed by atoms with E-state index in [0.29, 0.717) is 6.42 Å². The average Bonchev–Trinajstić information content (AvgIpc) is 2.10. The van der Waals surface area contributed by atoms with Crippen LogP contribution in [0.5, 0.6) is 0 Å². The molecule has 0 unspecified atom stereocenters. The number of carboxylic acid groups (broad SMARTS) is 1. The van der Waals surface area contributed by atoms with Gasteiger partial charge >= 0.3 is 5.97 Å². The van der Waals surface area contributed by atoms with Crippen molar-refractivity contribution >= 4 is 17.7 Å². The van der Waals surface area contributed by atoms with Crippen molar-refractivity contribution in [1.29, 1.82) is 0 Å². The minimum atomic E-state index is -0.993. The summed E-state index contributed by atoms with van der Waals surface area (Å²) in [6.07, 6.45) is 5.51. The van der Waals surface area contributed by atoms with E-state index in [0.717, 1.165) is 25.0 Å². The molecule has 0 aliphatic carbocycles. The number of hydroxylamine groups is 1. The van der Waals surface area contributed by atoms with E-state index in [4.69, 9.17) is 10.3 Å². The first-order chi connectivity index (χ1) is 6.22. The predicted molar refractivity (Wildman–Crippen MR) is 53.2 cm³/mol. The average molecular weight is 207 g/mol. The van der Waals surface area contributed by atoms with E-state index in [1.165, 1.54) is 0 Å². The monoisotopic (exact) mass is 207 g/mol. The van der Waals surface area contributed by atoms with Gasteiger partial charge in [0.25, 0.3) is 0 Å². The van der Waals surface area contributed by atoms with Crippen LogP contribution >= 0.6 is 11.8 Å². The van der Waals surface area contributed by atoms with E-state index in [9.17, 15) is 4.79 Å². The molecule has 4 nitrogen and oxygen atoms in total. The summed E-state index contributed by atoms with van der Waals surface area (Å²) in [7, 11) is 0. The number of carbonyl (C=O) groups is 1. The number of aliphatic carboxylic acids is 1. The second kappa shape index (κ2) is 8.34. The Morgan fingerprint density at radius 2 is 2.15 bits per heavy atom. The lowest BCUT2D eigenvalue weighted by Gasteiger charge is -2.08. The van der Waals surface area contributed by atoms with Crippen molar-refractivity contribution in [3.05, 3.63) is 0 Å². The molecule has 0 saturated heterocycles. The standard InChI is InChI=1S/C8H17NO3S/c1-13-6-4-2-3-5-7(9-12)8(10)11/h7,9,12H,2-6H2,1H3,(H,10,11)/t7-/m0/s1. The van der Waals surface area contributed by atoms with Crippen molar-refractivity contribution in [3.63, 3.8) is 0 Å². The highest BCUT2D eigenvalue weighted by Gasteiger charge is 2.14. The summed E-state index contributed by atoms with van der Waals surface area (Å²) in [6.45, 7) is 0. The van der Waals surface area contributed by atoms with E-state index in [-0.39, 0.29) is 0 Å². The zero-order chi connectivity index (χ0) is 10.1. The maximum Gasteiger partial charge on any atom is 0.323 e. The summed E-state index contributed by atoms with van der Waals surface area (Å²) in [5.41, 5.74) is 1.79. The highest BCUT2D eigenvalue weighted by molar-refractivity contribution is 7.98. The Hall–Kier alpha value is -0.260. The second-order valence-corrected chi connectivity index (χ2v) is 3.85. The molecular weight excluding hydrogens is 190 g/mol.